The van der Waals surface area contributed by atoms with Crippen LogP contribution >= 0.6 is 23.2 Å². The van der Waals surface area contributed by atoms with Crippen molar-refractivity contribution in [1.29, 1.82) is 0 Å². The Morgan fingerprint density at radius 2 is 2.00 bits per heavy atom. The van der Waals surface area contributed by atoms with Gasteiger partial charge in [-0.25, -0.2) is 0 Å². The predicted octanol–water partition coefficient (Wildman–Crippen LogP) is 6.22. The zero-order chi connectivity index (χ0) is 16.7. The highest BCUT2D eigenvalue weighted by Crippen LogP contribution is 2.51. The highest BCUT2D eigenvalue weighted by Gasteiger charge is 2.38. The van der Waals surface area contributed by atoms with Crippen molar-refractivity contribution in [2.45, 2.75) is 25.3 Å². The van der Waals surface area contributed by atoms with E-state index in [0.717, 1.165) is 28.4 Å². The molecule has 2 nitrogen and oxygen atoms in total. The number of fused-ring (bicyclic) bond motifs is 3. The fourth-order valence-electron chi connectivity index (χ4n) is 3.89. The first-order valence-corrected chi connectivity index (χ1v) is 9.08. The third kappa shape index (κ3) is 2.68. The summed E-state index contributed by atoms with van der Waals surface area (Å²) < 4.78 is 5.68. The zero-order valence-electron chi connectivity index (χ0n) is 13.4. The van der Waals surface area contributed by atoms with Gasteiger partial charge in [0.1, 0.15) is 5.75 Å². The number of anilines is 1. The molecule has 0 saturated heterocycles. The van der Waals surface area contributed by atoms with Gasteiger partial charge < -0.3 is 10.1 Å². The number of benzene rings is 2. The highest BCUT2D eigenvalue weighted by molar-refractivity contribution is 6.35. The normalized spacial score (nSPS) is 24.2. The lowest BCUT2D eigenvalue weighted by molar-refractivity contribution is 0.338. The van der Waals surface area contributed by atoms with Gasteiger partial charge in [0.25, 0.3) is 0 Å². The Balaban J connectivity index is 1.75. The van der Waals surface area contributed by atoms with Gasteiger partial charge in [0.05, 0.1) is 12.6 Å². The lowest BCUT2D eigenvalue weighted by Crippen LogP contribution is -2.29. The highest BCUT2D eigenvalue weighted by atomic mass is 35.5. The van der Waals surface area contributed by atoms with E-state index in [9.17, 15) is 0 Å². The van der Waals surface area contributed by atoms with E-state index < -0.39 is 0 Å². The van der Waals surface area contributed by atoms with Gasteiger partial charge >= 0.3 is 0 Å². The van der Waals surface area contributed by atoms with Crippen LogP contribution in [-0.4, -0.2) is 6.61 Å². The van der Waals surface area contributed by atoms with Gasteiger partial charge in [-0.05, 0) is 60.7 Å². The van der Waals surface area contributed by atoms with Gasteiger partial charge in [-0.2, -0.15) is 0 Å². The Kier molecular flexibility index (Phi) is 4.19. The second-order valence-electron chi connectivity index (χ2n) is 6.32. The summed E-state index contributed by atoms with van der Waals surface area (Å²) in [6.45, 7) is 2.69. The van der Waals surface area contributed by atoms with Crippen molar-refractivity contribution in [2.24, 2.45) is 5.92 Å². The average Bonchev–Trinajstić information content (AvgIpc) is 3.05. The van der Waals surface area contributed by atoms with Crippen molar-refractivity contribution in [3.05, 3.63) is 69.7 Å². The maximum absolute atomic E-state index is 6.48. The summed E-state index contributed by atoms with van der Waals surface area (Å²) in [6.07, 6.45) is 5.63. The number of allylic oxidation sites excluding steroid dienone is 2. The van der Waals surface area contributed by atoms with Crippen LogP contribution in [0, 0.1) is 5.92 Å². The fourth-order valence-corrected chi connectivity index (χ4v) is 4.42. The summed E-state index contributed by atoms with van der Waals surface area (Å²) in [7, 11) is 0. The average molecular weight is 360 g/mol. The van der Waals surface area contributed by atoms with E-state index in [1.807, 2.05) is 31.2 Å². The summed E-state index contributed by atoms with van der Waals surface area (Å²) in [4.78, 5) is 0. The summed E-state index contributed by atoms with van der Waals surface area (Å²) >= 11 is 12.5. The molecule has 124 valence electrons. The number of halogens is 2. The number of rotatable bonds is 3. The number of hydrogen-bond donors (Lipinski definition) is 1. The first-order valence-electron chi connectivity index (χ1n) is 8.32. The second kappa shape index (κ2) is 6.34. The molecule has 2 aliphatic rings. The molecule has 0 aromatic heterocycles. The standard InChI is InChI=1S/C20H19Cl2NO/c1-2-24-13-7-9-19-17(11-13)14-4-3-5-15(14)20(23-19)16-8-6-12(21)10-18(16)22/h3-4,6-11,14-15,20,23H,2,5H2,1H3/t14-,15+,20-/m1/s1. The second-order valence-corrected chi connectivity index (χ2v) is 7.17. The molecular formula is C20H19Cl2NO. The van der Waals surface area contributed by atoms with Crippen LogP contribution in [0.3, 0.4) is 0 Å². The Hall–Kier alpha value is -1.64. The third-order valence-corrected chi connectivity index (χ3v) is 5.51. The summed E-state index contributed by atoms with van der Waals surface area (Å²) in [5, 5.41) is 5.08. The molecule has 0 unspecified atom stereocenters. The monoisotopic (exact) mass is 359 g/mol. The van der Waals surface area contributed by atoms with Crippen LogP contribution in [0.5, 0.6) is 5.75 Å². The minimum Gasteiger partial charge on any atom is -0.494 e. The quantitative estimate of drug-likeness (QED) is 0.656. The Bertz CT molecular complexity index is 802. The maximum Gasteiger partial charge on any atom is 0.119 e. The van der Waals surface area contributed by atoms with E-state index in [-0.39, 0.29) is 6.04 Å². The van der Waals surface area contributed by atoms with Crippen molar-refractivity contribution in [3.63, 3.8) is 0 Å². The van der Waals surface area contributed by atoms with Gasteiger partial charge in [0, 0.05) is 21.7 Å². The van der Waals surface area contributed by atoms with E-state index in [2.05, 4.69) is 29.6 Å². The molecule has 1 N–H and O–H groups in total. The fraction of sp³-hybridized carbons (Fsp3) is 0.300. The van der Waals surface area contributed by atoms with E-state index in [4.69, 9.17) is 27.9 Å². The molecule has 2 aromatic rings. The third-order valence-electron chi connectivity index (χ3n) is 4.94. The number of nitrogens with one attached hydrogen (secondary N) is 1. The first-order chi connectivity index (χ1) is 11.7. The lowest BCUT2D eigenvalue weighted by atomic mass is 9.77. The molecule has 0 bridgehead atoms. The molecule has 1 aliphatic heterocycles. The van der Waals surface area contributed by atoms with Crippen molar-refractivity contribution in [3.8, 4) is 5.75 Å². The van der Waals surface area contributed by atoms with E-state index >= 15 is 0 Å². The summed E-state index contributed by atoms with van der Waals surface area (Å²) in [6, 6.07) is 12.3. The van der Waals surface area contributed by atoms with E-state index in [0.29, 0.717) is 23.5 Å². The van der Waals surface area contributed by atoms with Gasteiger partial charge in [-0.15, -0.1) is 0 Å². The van der Waals surface area contributed by atoms with Gasteiger partial charge in [-0.1, -0.05) is 41.4 Å². The topological polar surface area (TPSA) is 21.3 Å². The molecule has 1 heterocycles. The van der Waals surface area contributed by atoms with Crippen LogP contribution in [-0.2, 0) is 0 Å². The molecule has 0 radical (unpaired) electrons. The van der Waals surface area contributed by atoms with Crippen LogP contribution in [0.15, 0.2) is 48.6 Å². The molecule has 2 aromatic carbocycles. The van der Waals surface area contributed by atoms with Crippen molar-refractivity contribution < 1.29 is 4.74 Å². The minimum atomic E-state index is 0.181. The van der Waals surface area contributed by atoms with E-state index in [1.165, 1.54) is 5.56 Å². The Labute approximate surface area is 152 Å². The van der Waals surface area contributed by atoms with Crippen LogP contribution in [0.4, 0.5) is 5.69 Å². The van der Waals surface area contributed by atoms with Crippen LogP contribution in [0.2, 0.25) is 10.0 Å². The molecule has 24 heavy (non-hydrogen) atoms. The van der Waals surface area contributed by atoms with Gasteiger partial charge in [0.15, 0.2) is 0 Å². The largest absolute Gasteiger partial charge is 0.494 e. The van der Waals surface area contributed by atoms with Crippen LogP contribution in [0.1, 0.15) is 36.4 Å². The Morgan fingerprint density at radius 3 is 2.79 bits per heavy atom. The Morgan fingerprint density at radius 1 is 1.12 bits per heavy atom. The van der Waals surface area contributed by atoms with Crippen LogP contribution < -0.4 is 10.1 Å². The minimum absolute atomic E-state index is 0.181. The van der Waals surface area contributed by atoms with Gasteiger partial charge in [0.2, 0.25) is 0 Å². The summed E-state index contributed by atoms with van der Waals surface area (Å²) in [5.74, 6) is 1.77. The smallest absolute Gasteiger partial charge is 0.119 e. The molecule has 0 amide bonds. The SMILES string of the molecule is CCOc1ccc2c(c1)[C@@H]1C=CC[C@@H]1[C@H](c1ccc(Cl)cc1Cl)N2. The molecule has 4 heteroatoms. The molecule has 0 spiro atoms. The van der Waals surface area contributed by atoms with E-state index in [1.54, 1.807) is 0 Å². The zero-order valence-corrected chi connectivity index (χ0v) is 14.9. The first kappa shape index (κ1) is 15.9. The van der Waals surface area contributed by atoms with Crippen molar-refractivity contribution >= 4 is 28.9 Å². The maximum atomic E-state index is 6.48. The number of hydrogen-bond acceptors (Lipinski definition) is 2. The summed E-state index contributed by atoms with van der Waals surface area (Å²) in [5.41, 5.74) is 3.57. The molecule has 4 rings (SSSR count). The molecule has 1 aliphatic carbocycles. The van der Waals surface area contributed by atoms with Gasteiger partial charge in [-0.3, -0.25) is 0 Å². The number of ether oxygens (including phenoxy) is 1. The molecular weight excluding hydrogens is 341 g/mol. The van der Waals surface area contributed by atoms with Crippen molar-refractivity contribution in [1.82, 2.24) is 0 Å². The molecule has 0 fully saturated rings. The van der Waals surface area contributed by atoms with Crippen molar-refractivity contribution in [2.75, 3.05) is 11.9 Å². The lowest BCUT2D eigenvalue weighted by Gasteiger charge is -2.38. The molecule has 3 atom stereocenters. The molecule has 0 saturated carbocycles. The predicted molar refractivity (Wildman–Crippen MR) is 100 cm³/mol. The van der Waals surface area contributed by atoms with Crippen LogP contribution in [0.25, 0.3) is 0 Å².